The van der Waals surface area contributed by atoms with E-state index in [2.05, 4.69) is 21.2 Å². The average molecular weight is 344 g/mol. The van der Waals surface area contributed by atoms with E-state index in [4.69, 9.17) is 17.3 Å². The normalized spacial score (nSPS) is 10.3. The van der Waals surface area contributed by atoms with E-state index in [1.807, 2.05) is 0 Å². The van der Waals surface area contributed by atoms with E-state index >= 15 is 0 Å². The van der Waals surface area contributed by atoms with Crippen LogP contribution in [0.2, 0.25) is 5.02 Å². The summed E-state index contributed by atoms with van der Waals surface area (Å²) in [5.74, 6) is -0.918. The first-order valence-corrected chi connectivity index (χ1v) is 6.46. The zero-order chi connectivity index (χ0) is 14.0. The standard InChI is InChI=1S/C13H9BrClFN2O/c14-12-9(15)2-1-3-11(12)18-13(19)8-5-4-7(16)6-10(8)17/h1-6H,17H2,(H,18,19). The predicted molar refractivity (Wildman–Crippen MR) is 77.9 cm³/mol. The molecule has 0 aromatic heterocycles. The molecule has 19 heavy (non-hydrogen) atoms. The van der Waals surface area contributed by atoms with Crippen molar-refractivity contribution >= 4 is 44.8 Å². The lowest BCUT2D eigenvalue weighted by atomic mass is 10.1. The maximum absolute atomic E-state index is 12.9. The van der Waals surface area contributed by atoms with Gasteiger partial charge in [-0.1, -0.05) is 17.7 Å². The Kier molecular flexibility index (Phi) is 4.07. The summed E-state index contributed by atoms with van der Waals surface area (Å²) in [6.45, 7) is 0. The molecule has 0 spiro atoms. The Morgan fingerprint density at radius 3 is 2.74 bits per heavy atom. The largest absolute Gasteiger partial charge is 0.398 e. The molecule has 3 nitrogen and oxygen atoms in total. The van der Waals surface area contributed by atoms with E-state index in [1.165, 1.54) is 12.1 Å². The fraction of sp³-hybridized carbons (Fsp3) is 0. The van der Waals surface area contributed by atoms with Crippen LogP contribution in [0.15, 0.2) is 40.9 Å². The molecule has 3 N–H and O–H groups in total. The second-order valence-electron chi connectivity index (χ2n) is 3.79. The number of amides is 1. The van der Waals surface area contributed by atoms with Crippen molar-refractivity contribution in [2.75, 3.05) is 11.1 Å². The summed E-state index contributed by atoms with van der Waals surface area (Å²) in [6.07, 6.45) is 0. The fourth-order valence-corrected chi connectivity index (χ4v) is 2.07. The number of nitrogen functional groups attached to an aromatic ring is 1. The highest BCUT2D eigenvalue weighted by Crippen LogP contribution is 2.30. The Morgan fingerprint density at radius 1 is 1.32 bits per heavy atom. The van der Waals surface area contributed by atoms with E-state index in [0.717, 1.165) is 6.07 Å². The number of nitrogens with two attached hydrogens (primary N) is 1. The molecule has 2 aromatic carbocycles. The van der Waals surface area contributed by atoms with Crippen LogP contribution in [0.3, 0.4) is 0 Å². The molecule has 0 saturated heterocycles. The van der Waals surface area contributed by atoms with Crippen LogP contribution in [0.5, 0.6) is 0 Å². The smallest absolute Gasteiger partial charge is 0.257 e. The van der Waals surface area contributed by atoms with Crippen LogP contribution in [-0.2, 0) is 0 Å². The van der Waals surface area contributed by atoms with Gasteiger partial charge >= 0.3 is 0 Å². The van der Waals surface area contributed by atoms with Gasteiger partial charge < -0.3 is 11.1 Å². The van der Waals surface area contributed by atoms with Gasteiger partial charge in [0.15, 0.2) is 0 Å². The monoisotopic (exact) mass is 342 g/mol. The lowest BCUT2D eigenvalue weighted by Gasteiger charge is -2.10. The highest BCUT2D eigenvalue weighted by Gasteiger charge is 2.13. The number of hydrogen-bond acceptors (Lipinski definition) is 2. The zero-order valence-electron chi connectivity index (χ0n) is 9.58. The maximum Gasteiger partial charge on any atom is 0.257 e. The first kappa shape index (κ1) is 13.8. The van der Waals surface area contributed by atoms with Gasteiger partial charge in [-0.2, -0.15) is 0 Å². The SMILES string of the molecule is Nc1cc(F)ccc1C(=O)Nc1cccc(Cl)c1Br. The van der Waals surface area contributed by atoms with Gasteiger partial charge in [-0.15, -0.1) is 0 Å². The summed E-state index contributed by atoms with van der Waals surface area (Å²) < 4.78 is 13.5. The van der Waals surface area contributed by atoms with Crippen LogP contribution in [0, 0.1) is 5.82 Å². The molecule has 0 radical (unpaired) electrons. The van der Waals surface area contributed by atoms with Crippen molar-refractivity contribution in [2.24, 2.45) is 0 Å². The van der Waals surface area contributed by atoms with Gasteiger partial charge in [-0.3, -0.25) is 4.79 Å². The predicted octanol–water partition coefficient (Wildman–Crippen LogP) is 4.08. The van der Waals surface area contributed by atoms with Gasteiger partial charge in [-0.05, 0) is 46.3 Å². The third-order valence-corrected chi connectivity index (χ3v) is 3.86. The van der Waals surface area contributed by atoms with E-state index in [0.29, 0.717) is 15.2 Å². The highest BCUT2D eigenvalue weighted by molar-refractivity contribution is 9.10. The summed E-state index contributed by atoms with van der Waals surface area (Å²) in [6, 6.07) is 8.69. The van der Waals surface area contributed by atoms with Crippen molar-refractivity contribution in [1.29, 1.82) is 0 Å². The van der Waals surface area contributed by atoms with Crippen LogP contribution < -0.4 is 11.1 Å². The Morgan fingerprint density at radius 2 is 2.05 bits per heavy atom. The highest BCUT2D eigenvalue weighted by atomic mass is 79.9. The third-order valence-electron chi connectivity index (χ3n) is 2.46. The summed E-state index contributed by atoms with van der Waals surface area (Å²) in [5.41, 5.74) is 6.40. The van der Waals surface area contributed by atoms with E-state index in [1.54, 1.807) is 18.2 Å². The Balaban J connectivity index is 2.28. The third kappa shape index (κ3) is 3.05. The molecule has 0 atom stereocenters. The maximum atomic E-state index is 12.9. The molecular weight excluding hydrogens is 335 g/mol. The first-order valence-electron chi connectivity index (χ1n) is 5.29. The van der Waals surface area contributed by atoms with E-state index in [9.17, 15) is 9.18 Å². The Labute approximate surface area is 122 Å². The summed E-state index contributed by atoms with van der Waals surface area (Å²) in [5, 5.41) is 3.13. The van der Waals surface area contributed by atoms with E-state index in [-0.39, 0.29) is 11.3 Å². The van der Waals surface area contributed by atoms with Gasteiger partial charge in [-0.25, -0.2) is 4.39 Å². The number of nitrogens with one attached hydrogen (secondary N) is 1. The lowest BCUT2D eigenvalue weighted by molar-refractivity contribution is 0.102. The molecule has 98 valence electrons. The quantitative estimate of drug-likeness (QED) is 0.807. The molecule has 6 heteroatoms. The van der Waals surface area contributed by atoms with Crippen molar-refractivity contribution < 1.29 is 9.18 Å². The molecule has 0 unspecified atom stereocenters. The van der Waals surface area contributed by atoms with Crippen molar-refractivity contribution in [3.63, 3.8) is 0 Å². The van der Waals surface area contributed by atoms with Crippen LogP contribution in [0.1, 0.15) is 10.4 Å². The van der Waals surface area contributed by atoms with Gasteiger partial charge in [0.25, 0.3) is 5.91 Å². The van der Waals surface area contributed by atoms with Gasteiger partial charge in [0.2, 0.25) is 0 Å². The zero-order valence-corrected chi connectivity index (χ0v) is 11.9. The molecule has 0 bridgehead atoms. The summed E-state index contributed by atoms with van der Waals surface area (Å²) >= 11 is 9.20. The van der Waals surface area contributed by atoms with E-state index < -0.39 is 11.7 Å². The van der Waals surface area contributed by atoms with Crippen molar-refractivity contribution in [3.05, 3.63) is 57.3 Å². The molecule has 0 aliphatic rings. The van der Waals surface area contributed by atoms with Crippen LogP contribution >= 0.6 is 27.5 Å². The summed E-state index contributed by atoms with van der Waals surface area (Å²) in [4.78, 5) is 12.0. The topological polar surface area (TPSA) is 55.1 Å². The second-order valence-corrected chi connectivity index (χ2v) is 4.99. The molecule has 0 aliphatic heterocycles. The number of halogens is 3. The summed E-state index contributed by atoms with van der Waals surface area (Å²) in [7, 11) is 0. The molecule has 0 aliphatic carbocycles. The second kappa shape index (κ2) is 5.59. The van der Waals surface area contributed by atoms with Crippen LogP contribution in [-0.4, -0.2) is 5.91 Å². The number of carbonyl (C=O) groups is 1. The van der Waals surface area contributed by atoms with Crippen LogP contribution in [0.4, 0.5) is 15.8 Å². The number of carbonyl (C=O) groups excluding carboxylic acids is 1. The van der Waals surface area contributed by atoms with Crippen LogP contribution in [0.25, 0.3) is 0 Å². The molecule has 0 fully saturated rings. The van der Waals surface area contributed by atoms with Gasteiger partial charge in [0.05, 0.1) is 20.7 Å². The molecule has 1 amide bonds. The minimum atomic E-state index is -0.488. The number of hydrogen-bond donors (Lipinski definition) is 2. The van der Waals surface area contributed by atoms with Gasteiger partial charge in [0, 0.05) is 5.69 Å². The Hall–Kier alpha value is -1.59. The number of rotatable bonds is 2. The molecule has 0 heterocycles. The van der Waals surface area contributed by atoms with Crippen molar-refractivity contribution in [3.8, 4) is 0 Å². The molecule has 2 aromatic rings. The number of benzene rings is 2. The van der Waals surface area contributed by atoms with Crippen molar-refractivity contribution in [2.45, 2.75) is 0 Å². The van der Waals surface area contributed by atoms with Gasteiger partial charge in [0.1, 0.15) is 5.82 Å². The molecule has 2 rings (SSSR count). The minimum Gasteiger partial charge on any atom is -0.398 e. The first-order chi connectivity index (χ1) is 8.99. The minimum absolute atomic E-state index is 0.0793. The Bertz CT molecular complexity index is 649. The average Bonchev–Trinajstić information content (AvgIpc) is 2.34. The fourth-order valence-electron chi connectivity index (χ4n) is 1.53. The molecule has 0 saturated carbocycles. The van der Waals surface area contributed by atoms with Crippen molar-refractivity contribution in [1.82, 2.24) is 0 Å². The molecular formula is C13H9BrClFN2O. The number of anilines is 2. The lowest BCUT2D eigenvalue weighted by Crippen LogP contribution is -2.14.